The van der Waals surface area contributed by atoms with Crippen LogP contribution in [0.4, 0.5) is 5.82 Å². The lowest BCUT2D eigenvalue weighted by atomic mass is 10.1. The van der Waals surface area contributed by atoms with Crippen molar-refractivity contribution in [1.82, 2.24) is 10.3 Å². The molecule has 1 aromatic heterocycles. The molecular weight excluding hydrogens is 238 g/mol. The van der Waals surface area contributed by atoms with E-state index in [-0.39, 0.29) is 0 Å². The number of fused-ring (bicyclic) bond motifs is 1. The number of ether oxygens (including phenoxy) is 1. The Labute approximate surface area is 113 Å². The third kappa shape index (κ3) is 2.63. The van der Waals surface area contributed by atoms with Crippen molar-refractivity contribution in [3.05, 3.63) is 30.5 Å². The van der Waals surface area contributed by atoms with Gasteiger partial charge >= 0.3 is 0 Å². The zero-order valence-electron chi connectivity index (χ0n) is 11.1. The highest BCUT2D eigenvalue weighted by molar-refractivity contribution is 5.92. The molecule has 0 radical (unpaired) electrons. The molecule has 0 atom stereocenters. The summed E-state index contributed by atoms with van der Waals surface area (Å²) in [5.74, 6) is 1.86. The van der Waals surface area contributed by atoms with Gasteiger partial charge in [0.1, 0.15) is 17.7 Å². The summed E-state index contributed by atoms with van der Waals surface area (Å²) in [4.78, 5) is 4.31. The zero-order valence-corrected chi connectivity index (χ0v) is 11.1. The van der Waals surface area contributed by atoms with Crippen molar-refractivity contribution in [2.24, 2.45) is 0 Å². The van der Waals surface area contributed by atoms with E-state index in [4.69, 9.17) is 4.74 Å². The van der Waals surface area contributed by atoms with Crippen molar-refractivity contribution in [2.45, 2.75) is 18.9 Å². The maximum Gasteiger partial charge on any atom is 0.133 e. The number of hydrogen-bond acceptors (Lipinski definition) is 4. The quantitative estimate of drug-likeness (QED) is 0.886. The molecule has 0 amide bonds. The van der Waals surface area contributed by atoms with E-state index in [2.05, 4.69) is 27.8 Å². The number of hydrogen-bond donors (Lipinski definition) is 2. The average molecular weight is 257 g/mol. The van der Waals surface area contributed by atoms with Crippen molar-refractivity contribution < 1.29 is 4.74 Å². The first-order chi connectivity index (χ1) is 9.36. The van der Waals surface area contributed by atoms with E-state index in [1.54, 1.807) is 0 Å². The summed E-state index contributed by atoms with van der Waals surface area (Å²) in [5, 5.41) is 8.74. The number of nitrogens with zero attached hydrogens (tertiary/aromatic N) is 1. The van der Waals surface area contributed by atoms with Crippen LogP contribution in [0.3, 0.4) is 0 Å². The molecule has 1 saturated heterocycles. The van der Waals surface area contributed by atoms with Crippen molar-refractivity contribution in [3.8, 4) is 5.75 Å². The van der Waals surface area contributed by atoms with E-state index in [1.807, 2.05) is 25.4 Å². The second-order valence-electron chi connectivity index (χ2n) is 4.86. The predicted molar refractivity (Wildman–Crippen MR) is 77.8 cm³/mol. The maximum atomic E-state index is 6.06. The molecule has 19 heavy (non-hydrogen) atoms. The Hall–Kier alpha value is -1.81. The van der Waals surface area contributed by atoms with Gasteiger partial charge in [0, 0.05) is 18.6 Å². The highest BCUT2D eigenvalue weighted by Gasteiger charge is 2.14. The van der Waals surface area contributed by atoms with E-state index in [9.17, 15) is 0 Å². The minimum absolute atomic E-state index is 0.337. The van der Waals surface area contributed by atoms with Crippen LogP contribution < -0.4 is 15.4 Å². The molecule has 0 bridgehead atoms. The van der Waals surface area contributed by atoms with Gasteiger partial charge in [-0.2, -0.15) is 0 Å². The Morgan fingerprint density at radius 1 is 1.26 bits per heavy atom. The molecule has 4 nitrogen and oxygen atoms in total. The molecule has 1 aliphatic rings. The molecule has 1 aliphatic heterocycles. The molecule has 2 aromatic rings. The first-order valence-electron chi connectivity index (χ1n) is 6.81. The van der Waals surface area contributed by atoms with E-state index >= 15 is 0 Å². The molecular formula is C15H19N3O. The first-order valence-corrected chi connectivity index (χ1v) is 6.81. The Morgan fingerprint density at radius 2 is 2.11 bits per heavy atom. The Balaban J connectivity index is 1.85. The summed E-state index contributed by atoms with van der Waals surface area (Å²) in [6.45, 7) is 2.10. The van der Waals surface area contributed by atoms with Gasteiger partial charge in [0.25, 0.3) is 0 Å². The summed E-state index contributed by atoms with van der Waals surface area (Å²) in [5.41, 5.74) is 0. The molecule has 1 fully saturated rings. The summed E-state index contributed by atoms with van der Waals surface area (Å²) in [6.07, 6.45) is 4.32. The van der Waals surface area contributed by atoms with Gasteiger partial charge in [-0.1, -0.05) is 0 Å². The largest absolute Gasteiger partial charge is 0.490 e. The van der Waals surface area contributed by atoms with Crippen LogP contribution in [-0.4, -0.2) is 31.2 Å². The standard InChI is InChI=1S/C15H19N3O/c1-16-15-14-3-2-13(10-11(14)4-9-18-15)19-12-5-7-17-8-6-12/h2-4,9-10,12,17H,5-8H2,1H3,(H,16,18). The molecule has 0 aliphatic carbocycles. The van der Waals surface area contributed by atoms with Gasteiger partial charge in [-0.05, 0) is 55.6 Å². The highest BCUT2D eigenvalue weighted by atomic mass is 16.5. The van der Waals surface area contributed by atoms with Crippen molar-refractivity contribution >= 4 is 16.6 Å². The van der Waals surface area contributed by atoms with Crippen LogP contribution in [0.1, 0.15) is 12.8 Å². The number of piperidine rings is 1. The molecule has 4 heteroatoms. The van der Waals surface area contributed by atoms with Gasteiger partial charge in [0.05, 0.1) is 0 Å². The van der Waals surface area contributed by atoms with E-state index in [1.165, 1.54) is 0 Å². The third-order valence-corrected chi connectivity index (χ3v) is 3.56. The number of benzene rings is 1. The van der Waals surface area contributed by atoms with Crippen molar-refractivity contribution in [2.75, 3.05) is 25.5 Å². The molecule has 2 N–H and O–H groups in total. The smallest absolute Gasteiger partial charge is 0.133 e. The predicted octanol–water partition coefficient (Wildman–Crippen LogP) is 2.41. The van der Waals surface area contributed by atoms with Gasteiger partial charge in [-0.15, -0.1) is 0 Å². The minimum atomic E-state index is 0.337. The molecule has 0 spiro atoms. The second-order valence-corrected chi connectivity index (χ2v) is 4.86. The normalized spacial score (nSPS) is 16.5. The van der Waals surface area contributed by atoms with Gasteiger partial charge in [0.2, 0.25) is 0 Å². The zero-order chi connectivity index (χ0) is 13.1. The lowest BCUT2D eigenvalue weighted by Crippen LogP contribution is -2.34. The summed E-state index contributed by atoms with van der Waals surface area (Å²) >= 11 is 0. The summed E-state index contributed by atoms with van der Waals surface area (Å²) in [6, 6.07) is 8.23. The van der Waals surface area contributed by atoms with Gasteiger partial charge < -0.3 is 15.4 Å². The van der Waals surface area contributed by atoms with E-state index in [0.717, 1.165) is 48.3 Å². The van der Waals surface area contributed by atoms with Crippen LogP contribution in [0.2, 0.25) is 0 Å². The lowest BCUT2D eigenvalue weighted by Gasteiger charge is -2.24. The van der Waals surface area contributed by atoms with Crippen LogP contribution in [0, 0.1) is 0 Å². The topological polar surface area (TPSA) is 46.2 Å². The average Bonchev–Trinajstić information content (AvgIpc) is 2.47. The molecule has 3 rings (SSSR count). The Bertz CT molecular complexity index is 564. The first kappa shape index (κ1) is 12.2. The Morgan fingerprint density at radius 3 is 2.89 bits per heavy atom. The number of pyridine rings is 1. The number of nitrogens with one attached hydrogen (secondary N) is 2. The van der Waals surface area contributed by atoms with Gasteiger partial charge in [-0.3, -0.25) is 0 Å². The van der Waals surface area contributed by atoms with Crippen molar-refractivity contribution in [1.29, 1.82) is 0 Å². The number of rotatable bonds is 3. The van der Waals surface area contributed by atoms with Gasteiger partial charge in [0.15, 0.2) is 0 Å². The SMILES string of the molecule is CNc1nccc2cc(OC3CCNCC3)ccc12. The summed E-state index contributed by atoms with van der Waals surface area (Å²) < 4.78 is 6.06. The number of anilines is 1. The number of aromatic nitrogens is 1. The van der Waals surface area contributed by atoms with Gasteiger partial charge in [-0.25, -0.2) is 4.98 Å². The van der Waals surface area contributed by atoms with Crippen molar-refractivity contribution in [3.63, 3.8) is 0 Å². The maximum absolute atomic E-state index is 6.06. The van der Waals surface area contributed by atoms with Crippen LogP contribution in [0.15, 0.2) is 30.5 Å². The van der Waals surface area contributed by atoms with Crippen LogP contribution in [0.25, 0.3) is 10.8 Å². The van der Waals surface area contributed by atoms with E-state index < -0.39 is 0 Å². The highest BCUT2D eigenvalue weighted by Crippen LogP contribution is 2.26. The van der Waals surface area contributed by atoms with Crippen LogP contribution >= 0.6 is 0 Å². The molecule has 1 aromatic carbocycles. The third-order valence-electron chi connectivity index (χ3n) is 3.56. The minimum Gasteiger partial charge on any atom is -0.490 e. The molecule has 0 unspecified atom stereocenters. The fourth-order valence-electron chi connectivity index (χ4n) is 2.53. The Kier molecular flexibility index (Phi) is 3.51. The van der Waals surface area contributed by atoms with Crippen LogP contribution in [0.5, 0.6) is 5.75 Å². The van der Waals surface area contributed by atoms with E-state index in [0.29, 0.717) is 6.10 Å². The van der Waals surface area contributed by atoms with Crippen LogP contribution in [-0.2, 0) is 0 Å². The lowest BCUT2D eigenvalue weighted by molar-refractivity contribution is 0.162. The molecule has 2 heterocycles. The second kappa shape index (κ2) is 5.45. The fraction of sp³-hybridized carbons (Fsp3) is 0.400. The molecule has 100 valence electrons. The monoisotopic (exact) mass is 257 g/mol. The molecule has 0 saturated carbocycles. The summed E-state index contributed by atoms with van der Waals surface area (Å²) in [7, 11) is 1.89. The fourth-order valence-corrected chi connectivity index (χ4v) is 2.53.